The van der Waals surface area contributed by atoms with E-state index in [-0.39, 0.29) is 24.1 Å². The molecule has 3 aromatic rings. The Bertz CT molecular complexity index is 955. The van der Waals surface area contributed by atoms with Crippen LogP contribution >= 0.6 is 23.7 Å². The molecule has 2 aromatic heterocycles. The van der Waals surface area contributed by atoms with E-state index in [1.165, 1.54) is 17.4 Å². The standard InChI is InChI=1S/C19H24FN5OS.ClH/c1-5-25-13(2)12-15(22-25)18(26)24(11-7-10-23(3)4)19-21-17-14(20)8-6-9-16(17)27-19;/h6,8-9,12H,5,7,10-11H2,1-4H3;1H. The molecular weight excluding hydrogens is 401 g/mol. The van der Waals surface area contributed by atoms with E-state index in [1.807, 2.05) is 34.0 Å². The maximum absolute atomic E-state index is 14.1. The van der Waals surface area contributed by atoms with E-state index in [2.05, 4.69) is 15.0 Å². The zero-order chi connectivity index (χ0) is 19.6. The molecule has 0 aliphatic rings. The predicted octanol–water partition coefficient (Wildman–Crippen LogP) is 3.98. The first kappa shape index (κ1) is 22.3. The molecule has 0 fully saturated rings. The lowest BCUT2D eigenvalue weighted by molar-refractivity contribution is 0.0980. The number of aromatic nitrogens is 3. The molecule has 6 nitrogen and oxygen atoms in total. The first-order valence-electron chi connectivity index (χ1n) is 8.96. The van der Waals surface area contributed by atoms with Crippen molar-refractivity contribution in [1.82, 2.24) is 19.7 Å². The molecule has 0 saturated heterocycles. The van der Waals surface area contributed by atoms with E-state index in [4.69, 9.17) is 0 Å². The molecule has 0 N–H and O–H groups in total. The van der Waals surface area contributed by atoms with Gasteiger partial charge in [-0.15, -0.1) is 12.4 Å². The fourth-order valence-corrected chi connectivity index (χ4v) is 3.93. The normalized spacial score (nSPS) is 11.1. The van der Waals surface area contributed by atoms with Crippen LogP contribution in [0.2, 0.25) is 0 Å². The largest absolute Gasteiger partial charge is 0.309 e. The minimum absolute atomic E-state index is 0. The minimum Gasteiger partial charge on any atom is -0.309 e. The van der Waals surface area contributed by atoms with Crippen LogP contribution in [0, 0.1) is 12.7 Å². The Balaban J connectivity index is 0.00000280. The second-order valence-corrected chi connectivity index (χ2v) is 7.69. The van der Waals surface area contributed by atoms with Gasteiger partial charge in [0.25, 0.3) is 5.91 Å². The Kier molecular flexibility index (Phi) is 7.51. The maximum Gasteiger partial charge on any atom is 0.280 e. The number of carbonyl (C=O) groups excluding carboxylic acids is 1. The summed E-state index contributed by atoms with van der Waals surface area (Å²) in [5, 5.41) is 4.91. The second kappa shape index (κ2) is 9.45. The number of benzene rings is 1. The Labute approximate surface area is 174 Å². The highest BCUT2D eigenvalue weighted by Gasteiger charge is 2.24. The Morgan fingerprint density at radius 3 is 2.64 bits per heavy atom. The highest BCUT2D eigenvalue weighted by Crippen LogP contribution is 2.31. The summed E-state index contributed by atoms with van der Waals surface area (Å²) in [6.45, 7) is 5.95. The van der Waals surface area contributed by atoms with Gasteiger partial charge in [0, 0.05) is 18.8 Å². The van der Waals surface area contributed by atoms with E-state index in [0.717, 1.165) is 23.4 Å². The lowest BCUT2D eigenvalue weighted by Crippen LogP contribution is -2.33. The van der Waals surface area contributed by atoms with Crippen LogP contribution in [0.15, 0.2) is 24.3 Å². The summed E-state index contributed by atoms with van der Waals surface area (Å²) in [6.07, 6.45) is 0.782. The zero-order valence-electron chi connectivity index (χ0n) is 16.5. The number of aryl methyl sites for hydroxylation is 2. The first-order chi connectivity index (χ1) is 12.9. The van der Waals surface area contributed by atoms with Crippen LogP contribution in [0.25, 0.3) is 10.2 Å². The van der Waals surface area contributed by atoms with Gasteiger partial charge in [0.15, 0.2) is 10.8 Å². The monoisotopic (exact) mass is 425 g/mol. The molecule has 9 heteroatoms. The summed E-state index contributed by atoms with van der Waals surface area (Å²) in [5.74, 6) is -0.578. The van der Waals surface area contributed by atoms with E-state index >= 15 is 0 Å². The highest BCUT2D eigenvalue weighted by atomic mass is 35.5. The number of thiazole rings is 1. The van der Waals surface area contributed by atoms with Gasteiger partial charge in [0.2, 0.25) is 0 Å². The lowest BCUT2D eigenvalue weighted by Gasteiger charge is -2.20. The molecule has 0 aliphatic heterocycles. The maximum atomic E-state index is 14.1. The Morgan fingerprint density at radius 2 is 2.04 bits per heavy atom. The molecule has 2 heterocycles. The van der Waals surface area contributed by atoms with Gasteiger partial charge in [-0.05, 0) is 59.1 Å². The van der Waals surface area contributed by atoms with Crippen LogP contribution in [-0.4, -0.2) is 52.8 Å². The molecule has 0 radical (unpaired) electrons. The molecular formula is C19H25ClFN5OS. The van der Waals surface area contributed by atoms with Crippen molar-refractivity contribution in [3.05, 3.63) is 41.5 Å². The third kappa shape index (κ3) is 4.68. The van der Waals surface area contributed by atoms with Gasteiger partial charge in [-0.2, -0.15) is 5.10 Å². The number of hydrogen-bond donors (Lipinski definition) is 0. The number of anilines is 1. The van der Waals surface area contributed by atoms with Crippen molar-refractivity contribution in [2.24, 2.45) is 0 Å². The fourth-order valence-electron chi connectivity index (χ4n) is 2.92. The van der Waals surface area contributed by atoms with Crippen LogP contribution in [0.3, 0.4) is 0 Å². The third-order valence-corrected chi connectivity index (χ3v) is 5.36. The van der Waals surface area contributed by atoms with Crippen molar-refractivity contribution >= 4 is 45.0 Å². The van der Waals surface area contributed by atoms with Crippen molar-refractivity contribution in [1.29, 1.82) is 0 Å². The van der Waals surface area contributed by atoms with E-state index in [9.17, 15) is 9.18 Å². The Hall–Kier alpha value is -2.03. The van der Waals surface area contributed by atoms with E-state index in [0.29, 0.717) is 29.4 Å². The molecule has 3 rings (SSSR count). The number of carbonyl (C=O) groups is 1. The van der Waals surface area contributed by atoms with Gasteiger partial charge in [0.1, 0.15) is 11.3 Å². The molecule has 1 aromatic carbocycles. The third-order valence-electron chi connectivity index (χ3n) is 4.32. The number of rotatable bonds is 7. The summed E-state index contributed by atoms with van der Waals surface area (Å²) in [6, 6.07) is 6.65. The minimum atomic E-state index is -0.373. The van der Waals surface area contributed by atoms with Gasteiger partial charge < -0.3 is 4.90 Å². The van der Waals surface area contributed by atoms with Gasteiger partial charge in [-0.25, -0.2) is 9.37 Å². The van der Waals surface area contributed by atoms with Crippen molar-refractivity contribution in [2.75, 3.05) is 32.1 Å². The number of para-hydroxylation sites is 1. The Morgan fingerprint density at radius 1 is 1.29 bits per heavy atom. The van der Waals surface area contributed by atoms with Crippen LogP contribution < -0.4 is 4.90 Å². The molecule has 0 saturated carbocycles. The first-order valence-corrected chi connectivity index (χ1v) is 9.78. The van der Waals surface area contributed by atoms with Gasteiger partial charge in [0.05, 0.1) is 4.70 Å². The zero-order valence-corrected chi connectivity index (χ0v) is 18.1. The second-order valence-electron chi connectivity index (χ2n) is 6.68. The van der Waals surface area contributed by atoms with Gasteiger partial charge >= 0.3 is 0 Å². The molecule has 0 bridgehead atoms. The molecule has 152 valence electrons. The predicted molar refractivity (Wildman–Crippen MR) is 114 cm³/mol. The summed E-state index contributed by atoms with van der Waals surface area (Å²) in [4.78, 5) is 21.3. The smallest absolute Gasteiger partial charge is 0.280 e. The van der Waals surface area contributed by atoms with Gasteiger partial charge in [-0.1, -0.05) is 17.4 Å². The SMILES string of the molecule is CCn1nc(C(=O)N(CCCN(C)C)c2nc3c(F)cccc3s2)cc1C.Cl. The van der Waals surface area contributed by atoms with Crippen molar-refractivity contribution < 1.29 is 9.18 Å². The van der Waals surface area contributed by atoms with Crippen LogP contribution in [0.1, 0.15) is 29.5 Å². The number of amides is 1. The quantitative estimate of drug-likeness (QED) is 0.574. The van der Waals surface area contributed by atoms with Crippen molar-refractivity contribution in [3.8, 4) is 0 Å². The number of nitrogens with zero attached hydrogens (tertiary/aromatic N) is 5. The average molecular weight is 426 g/mol. The van der Waals surface area contributed by atoms with Crippen LogP contribution in [0.5, 0.6) is 0 Å². The number of hydrogen-bond acceptors (Lipinski definition) is 5. The summed E-state index contributed by atoms with van der Waals surface area (Å²) < 4.78 is 16.6. The molecule has 1 amide bonds. The number of halogens is 2. The molecule has 0 atom stereocenters. The summed E-state index contributed by atoms with van der Waals surface area (Å²) in [5.41, 5.74) is 1.63. The molecule has 0 unspecified atom stereocenters. The van der Waals surface area contributed by atoms with Crippen molar-refractivity contribution in [3.63, 3.8) is 0 Å². The average Bonchev–Trinajstić information content (AvgIpc) is 3.22. The lowest BCUT2D eigenvalue weighted by atomic mass is 10.3. The topological polar surface area (TPSA) is 54.3 Å². The molecule has 0 aliphatic carbocycles. The van der Waals surface area contributed by atoms with Gasteiger partial charge in [-0.3, -0.25) is 14.4 Å². The molecule has 0 spiro atoms. The highest BCUT2D eigenvalue weighted by molar-refractivity contribution is 7.22. The fraction of sp³-hybridized carbons (Fsp3) is 0.421. The van der Waals surface area contributed by atoms with Crippen LogP contribution in [0.4, 0.5) is 9.52 Å². The number of fused-ring (bicyclic) bond motifs is 1. The molecule has 28 heavy (non-hydrogen) atoms. The summed E-state index contributed by atoms with van der Waals surface area (Å²) in [7, 11) is 3.98. The van der Waals surface area contributed by atoms with E-state index < -0.39 is 0 Å². The summed E-state index contributed by atoms with van der Waals surface area (Å²) >= 11 is 1.32. The van der Waals surface area contributed by atoms with Crippen molar-refractivity contribution in [2.45, 2.75) is 26.8 Å². The van der Waals surface area contributed by atoms with Crippen LogP contribution in [-0.2, 0) is 6.54 Å². The van der Waals surface area contributed by atoms with E-state index in [1.54, 1.807) is 21.7 Å².